The van der Waals surface area contributed by atoms with Gasteiger partial charge in [0.25, 0.3) is 0 Å². The maximum atomic E-state index is 13.1. The Morgan fingerprint density at radius 2 is 1.86 bits per heavy atom. The van der Waals surface area contributed by atoms with Crippen LogP contribution in [0, 0.1) is 11.6 Å². The van der Waals surface area contributed by atoms with Crippen LogP contribution in [-0.2, 0) is 4.79 Å². The van der Waals surface area contributed by atoms with Crippen molar-refractivity contribution in [3.8, 4) is 5.75 Å². The Labute approximate surface area is 79.8 Å². The summed E-state index contributed by atoms with van der Waals surface area (Å²) in [7, 11) is 1.31. The minimum Gasteiger partial charge on any atom is -0.497 e. The second kappa shape index (κ2) is 4.50. The van der Waals surface area contributed by atoms with Crippen molar-refractivity contribution >= 4 is 12.4 Å². The predicted octanol–water partition coefficient (Wildman–Crippen LogP) is 2.19. The van der Waals surface area contributed by atoms with Crippen molar-refractivity contribution in [1.82, 2.24) is 0 Å². The Hall–Kier alpha value is -1.71. The molecule has 74 valence electrons. The van der Waals surface area contributed by atoms with Gasteiger partial charge in [0.05, 0.1) is 7.11 Å². The summed E-state index contributed by atoms with van der Waals surface area (Å²) < 4.78 is 30.9. The predicted molar refractivity (Wildman–Crippen MR) is 48.0 cm³/mol. The van der Waals surface area contributed by atoms with Crippen LogP contribution in [0.2, 0.25) is 0 Å². The monoisotopic (exact) mass is 198 g/mol. The minimum absolute atomic E-state index is 0.100. The number of benzene rings is 1. The van der Waals surface area contributed by atoms with Gasteiger partial charge in [-0.2, -0.15) is 0 Å². The molecule has 0 unspecified atom stereocenters. The molecule has 0 fully saturated rings. The van der Waals surface area contributed by atoms with Crippen LogP contribution in [0.1, 0.15) is 5.56 Å². The van der Waals surface area contributed by atoms with Gasteiger partial charge in [-0.1, -0.05) is 0 Å². The molecule has 1 aromatic rings. The minimum atomic E-state index is -0.764. The highest BCUT2D eigenvalue weighted by molar-refractivity contribution is 5.74. The first-order valence-corrected chi connectivity index (χ1v) is 3.84. The van der Waals surface area contributed by atoms with Crippen LogP contribution in [0.15, 0.2) is 18.2 Å². The molecule has 0 spiro atoms. The molecule has 0 aliphatic carbocycles. The molecule has 0 saturated carbocycles. The van der Waals surface area contributed by atoms with Crippen LogP contribution in [0.25, 0.3) is 6.08 Å². The van der Waals surface area contributed by atoms with Crippen molar-refractivity contribution in [3.05, 3.63) is 35.4 Å². The van der Waals surface area contributed by atoms with E-state index in [1.54, 1.807) is 0 Å². The summed E-state index contributed by atoms with van der Waals surface area (Å²) in [5, 5.41) is 0. The molecule has 0 radical (unpaired) electrons. The molecule has 0 aliphatic heterocycles. The van der Waals surface area contributed by atoms with Crippen LogP contribution in [0.5, 0.6) is 5.75 Å². The van der Waals surface area contributed by atoms with Crippen LogP contribution < -0.4 is 4.74 Å². The summed E-state index contributed by atoms with van der Waals surface area (Å²) in [6.07, 6.45) is 2.54. The van der Waals surface area contributed by atoms with E-state index in [1.807, 2.05) is 0 Å². The zero-order valence-electron chi connectivity index (χ0n) is 7.46. The SMILES string of the molecule is COc1cc(F)c(C=CC=O)c(F)c1. The van der Waals surface area contributed by atoms with Crippen molar-refractivity contribution in [2.24, 2.45) is 0 Å². The van der Waals surface area contributed by atoms with E-state index in [2.05, 4.69) is 4.74 Å². The van der Waals surface area contributed by atoms with Crippen LogP contribution in [-0.4, -0.2) is 13.4 Å². The molecule has 2 nitrogen and oxygen atoms in total. The number of hydrogen-bond donors (Lipinski definition) is 0. The Morgan fingerprint density at radius 1 is 1.29 bits per heavy atom. The first kappa shape index (κ1) is 10.4. The highest BCUT2D eigenvalue weighted by Crippen LogP contribution is 2.21. The lowest BCUT2D eigenvalue weighted by Gasteiger charge is -2.03. The van der Waals surface area contributed by atoms with Gasteiger partial charge in [0.1, 0.15) is 23.7 Å². The third kappa shape index (κ3) is 2.16. The van der Waals surface area contributed by atoms with Gasteiger partial charge in [0, 0.05) is 17.7 Å². The normalized spacial score (nSPS) is 10.5. The first-order chi connectivity index (χ1) is 6.69. The van der Waals surface area contributed by atoms with Crippen LogP contribution >= 0.6 is 0 Å². The van der Waals surface area contributed by atoms with Gasteiger partial charge in [-0.15, -0.1) is 0 Å². The average molecular weight is 198 g/mol. The fourth-order valence-electron chi connectivity index (χ4n) is 0.974. The van der Waals surface area contributed by atoms with Gasteiger partial charge in [-0.25, -0.2) is 8.78 Å². The van der Waals surface area contributed by atoms with E-state index >= 15 is 0 Å². The Kier molecular flexibility index (Phi) is 3.34. The van der Waals surface area contributed by atoms with E-state index in [4.69, 9.17) is 0 Å². The van der Waals surface area contributed by atoms with Gasteiger partial charge in [0.15, 0.2) is 0 Å². The van der Waals surface area contributed by atoms with Gasteiger partial charge in [-0.05, 0) is 12.2 Å². The fourth-order valence-corrected chi connectivity index (χ4v) is 0.974. The number of aldehydes is 1. The van der Waals surface area contributed by atoms with Crippen molar-refractivity contribution in [3.63, 3.8) is 0 Å². The van der Waals surface area contributed by atoms with E-state index in [0.717, 1.165) is 24.3 Å². The number of carbonyl (C=O) groups is 1. The third-order valence-electron chi connectivity index (χ3n) is 1.63. The molecule has 1 rings (SSSR count). The largest absolute Gasteiger partial charge is 0.497 e. The molecule has 4 heteroatoms. The fraction of sp³-hybridized carbons (Fsp3) is 0.100. The number of ether oxygens (including phenoxy) is 1. The highest BCUT2D eigenvalue weighted by Gasteiger charge is 2.08. The lowest BCUT2D eigenvalue weighted by atomic mass is 10.1. The van der Waals surface area contributed by atoms with E-state index in [9.17, 15) is 13.6 Å². The maximum absolute atomic E-state index is 13.1. The lowest BCUT2D eigenvalue weighted by molar-refractivity contribution is -0.104. The molecule has 0 bridgehead atoms. The van der Waals surface area contributed by atoms with Crippen molar-refractivity contribution in [2.45, 2.75) is 0 Å². The van der Waals surface area contributed by atoms with E-state index < -0.39 is 11.6 Å². The summed E-state index contributed by atoms with van der Waals surface area (Å²) in [5.74, 6) is -1.43. The lowest BCUT2D eigenvalue weighted by Crippen LogP contribution is -1.92. The Morgan fingerprint density at radius 3 is 2.29 bits per heavy atom. The standard InChI is InChI=1S/C10H8F2O2/c1-14-7-5-9(11)8(3-2-4-13)10(12)6-7/h2-6H,1H3. The number of hydrogen-bond acceptors (Lipinski definition) is 2. The molecule has 0 N–H and O–H groups in total. The summed E-state index contributed by atoms with van der Waals surface area (Å²) in [4.78, 5) is 9.97. The van der Waals surface area contributed by atoms with E-state index in [0.29, 0.717) is 6.29 Å². The van der Waals surface area contributed by atoms with Crippen molar-refractivity contribution in [2.75, 3.05) is 7.11 Å². The summed E-state index contributed by atoms with van der Waals surface area (Å²) in [5.41, 5.74) is -0.252. The topological polar surface area (TPSA) is 26.3 Å². The van der Waals surface area contributed by atoms with E-state index in [1.165, 1.54) is 7.11 Å². The second-order valence-electron chi connectivity index (χ2n) is 2.50. The van der Waals surface area contributed by atoms with E-state index in [-0.39, 0.29) is 11.3 Å². The van der Waals surface area contributed by atoms with Gasteiger partial charge in [0.2, 0.25) is 0 Å². The van der Waals surface area contributed by atoms with Gasteiger partial charge < -0.3 is 4.74 Å². The zero-order chi connectivity index (χ0) is 10.6. The van der Waals surface area contributed by atoms with Crippen LogP contribution in [0.3, 0.4) is 0 Å². The molecular formula is C10H8F2O2. The quantitative estimate of drug-likeness (QED) is 0.549. The molecule has 0 aliphatic rings. The molecule has 0 aromatic heterocycles. The smallest absolute Gasteiger partial charge is 0.142 e. The average Bonchev–Trinajstić information content (AvgIpc) is 2.16. The number of rotatable bonds is 3. The van der Waals surface area contributed by atoms with Gasteiger partial charge >= 0.3 is 0 Å². The molecule has 14 heavy (non-hydrogen) atoms. The molecule has 1 aromatic carbocycles. The maximum Gasteiger partial charge on any atom is 0.142 e. The Balaban J connectivity index is 3.17. The Bertz CT molecular complexity index is 349. The summed E-state index contributed by atoms with van der Waals surface area (Å²) in [6, 6.07) is 2.10. The molecule has 0 atom stereocenters. The second-order valence-corrected chi connectivity index (χ2v) is 2.50. The zero-order valence-corrected chi connectivity index (χ0v) is 7.46. The van der Waals surface area contributed by atoms with Crippen molar-refractivity contribution < 1.29 is 18.3 Å². The highest BCUT2D eigenvalue weighted by atomic mass is 19.1. The number of halogens is 2. The number of allylic oxidation sites excluding steroid dienone is 1. The molecule has 0 heterocycles. The van der Waals surface area contributed by atoms with Crippen molar-refractivity contribution in [1.29, 1.82) is 0 Å². The number of methoxy groups -OCH3 is 1. The molecule has 0 saturated heterocycles. The number of carbonyl (C=O) groups excluding carboxylic acids is 1. The van der Waals surface area contributed by atoms with Crippen LogP contribution in [0.4, 0.5) is 8.78 Å². The molecular weight excluding hydrogens is 190 g/mol. The summed E-state index contributed by atoms with van der Waals surface area (Å²) >= 11 is 0. The van der Waals surface area contributed by atoms with Gasteiger partial charge in [-0.3, -0.25) is 4.79 Å². The summed E-state index contributed by atoms with van der Waals surface area (Å²) in [6.45, 7) is 0. The molecule has 0 amide bonds. The third-order valence-corrected chi connectivity index (χ3v) is 1.63. The first-order valence-electron chi connectivity index (χ1n) is 3.84.